The number of benzene rings is 3. The van der Waals surface area contributed by atoms with Crippen molar-refractivity contribution < 1.29 is 5.11 Å². The van der Waals surface area contributed by atoms with Crippen LogP contribution in [0, 0.1) is 0 Å². The van der Waals surface area contributed by atoms with Crippen LogP contribution in [0.3, 0.4) is 0 Å². The van der Waals surface area contributed by atoms with E-state index in [0.29, 0.717) is 17.6 Å². The van der Waals surface area contributed by atoms with Crippen LogP contribution in [0.5, 0.6) is 5.75 Å². The van der Waals surface area contributed by atoms with Gasteiger partial charge in [-0.25, -0.2) is 0 Å². The monoisotopic (exact) mass is 330 g/mol. The number of hydrogen-bond donors (Lipinski definition) is 1. The van der Waals surface area contributed by atoms with Crippen molar-refractivity contribution in [3.05, 3.63) is 90.0 Å². The minimum Gasteiger partial charge on any atom is -0.508 e. The molecule has 0 aliphatic rings. The molecular formula is C24H26O. The second kappa shape index (κ2) is 8.02. The smallest absolute Gasteiger partial charge is 0.115 e. The maximum Gasteiger partial charge on any atom is 0.115 e. The summed E-state index contributed by atoms with van der Waals surface area (Å²) in [7, 11) is 0. The first-order chi connectivity index (χ1) is 12.1. The van der Waals surface area contributed by atoms with Gasteiger partial charge in [0.15, 0.2) is 0 Å². The summed E-state index contributed by atoms with van der Waals surface area (Å²) in [5, 5.41) is 9.43. The fraction of sp³-hybridized carbons (Fsp3) is 0.250. The van der Waals surface area contributed by atoms with E-state index in [4.69, 9.17) is 0 Å². The van der Waals surface area contributed by atoms with E-state index in [2.05, 4.69) is 68.4 Å². The summed E-state index contributed by atoms with van der Waals surface area (Å²) in [6.07, 6.45) is 2.29. The zero-order chi connectivity index (χ0) is 17.6. The Hall–Kier alpha value is -2.54. The van der Waals surface area contributed by atoms with E-state index in [-0.39, 0.29) is 0 Å². The Morgan fingerprint density at radius 1 is 0.640 bits per heavy atom. The maximum atomic E-state index is 9.43. The van der Waals surface area contributed by atoms with Crippen LogP contribution in [0.4, 0.5) is 0 Å². The third kappa shape index (κ3) is 4.51. The first-order valence-electron chi connectivity index (χ1n) is 9.08. The third-order valence-corrected chi connectivity index (χ3v) is 5.06. The third-order valence-electron chi connectivity index (χ3n) is 5.06. The van der Waals surface area contributed by atoms with Crippen LogP contribution in [0.15, 0.2) is 78.9 Å². The molecule has 0 aliphatic heterocycles. The Morgan fingerprint density at radius 3 is 1.92 bits per heavy atom. The maximum absolute atomic E-state index is 9.43. The molecule has 1 nitrogen and oxygen atoms in total. The van der Waals surface area contributed by atoms with Gasteiger partial charge in [-0.3, -0.25) is 0 Å². The highest BCUT2D eigenvalue weighted by Gasteiger charge is 2.11. The van der Waals surface area contributed by atoms with Crippen molar-refractivity contribution in [1.82, 2.24) is 0 Å². The second-order valence-electron chi connectivity index (χ2n) is 6.96. The van der Waals surface area contributed by atoms with Crippen LogP contribution in [-0.2, 0) is 0 Å². The van der Waals surface area contributed by atoms with Crippen molar-refractivity contribution in [3.63, 3.8) is 0 Å². The van der Waals surface area contributed by atoms with Gasteiger partial charge in [-0.1, -0.05) is 80.6 Å². The summed E-state index contributed by atoms with van der Waals surface area (Å²) in [6.45, 7) is 4.58. The molecule has 25 heavy (non-hydrogen) atoms. The lowest BCUT2D eigenvalue weighted by Crippen LogP contribution is -1.99. The van der Waals surface area contributed by atoms with Gasteiger partial charge in [0.2, 0.25) is 0 Å². The average molecular weight is 330 g/mol. The number of rotatable bonds is 6. The van der Waals surface area contributed by atoms with Crippen LogP contribution in [0.25, 0.3) is 11.1 Å². The Kier molecular flexibility index (Phi) is 5.55. The van der Waals surface area contributed by atoms with Gasteiger partial charge in [-0.2, -0.15) is 0 Å². The summed E-state index contributed by atoms with van der Waals surface area (Å²) < 4.78 is 0. The van der Waals surface area contributed by atoms with Gasteiger partial charge >= 0.3 is 0 Å². The van der Waals surface area contributed by atoms with Gasteiger partial charge in [0.05, 0.1) is 0 Å². The van der Waals surface area contributed by atoms with Crippen LogP contribution < -0.4 is 0 Å². The minimum atomic E-state index is 0.335. The zero-order valence-electron chi connectivity index (χ0n) is 15.0. The van der Waals surface area contributed by atoms with Crippen molar-refractivity contribution in [3.8, 4) is 16.9 Å². The van der Waals surface area contributed by atoms with Gasteiger partial charge in [0, 0.05) is 0 Å². The quantitative estimate of drug-likeness (QED) is 0.530. The Bertz CT molecular complexity index is 790. The number of hydrogen-bond acceptors (Lipinski definition) is 1. The molecule has 1 heteroatoms. The van der Waals surface area contributed by atoms with Crippen LogP contribution in [-0.4, -0.2) is 5.11 Å². The molecule has 3 rings (SSSR count). The number of aromatic hydroxyl groups is 1. The van der Waals surface area contributed by atoms with Crippen molar-refractivity contribution in [2.24, 2.45) is 0 Å². The second-order valence-corrected chi connectivity index (χ2v) is 6.96. The standard InChI is InChI=1S/C24H26O/c1-18(20-13-15-24(25)16-14-20)11-12-19(2)22-9-6-10-23(17-22)21-7-4-3-5-8-21/h3-10,13-19,25H,11-12H2,1-2H3. The first-order valence-corrected chi connectivity index (χ1v) is 9.08. The summed E-state index contributed by atoms with van der Waals surface area (Å²) in [5.41, 5.74) is 5.26. The summed E-state index contributed by atoms with van der Waals surface area (Å²) in [6, 6.07) is 27.1. The van der Waals surface area contributed by atoms with Crippen LogP contribution >= 0.6 is 0 Å². The average Bonchev–Trinajstić information content (AvgIpc) is 2.67. The highest BCUT2D eigenvalue weighted by atomic mass is 16.3. The predicted molar refractivity (Wildman–Crippen MR) is 106 cm³/mol. The Morgan fingerprint density at radius 2 is 1.24 bits per heavy atom. The molecule has 1 N–H and O–H groups in total. The van der Waals surface area contributed by atoms with E-state index >= 15 is 0 Å². The molecule has 0 aromatic heterocycles. The predicted octanol–water partition coefficient (Wildman–Crippen LogP) is 6.75. The van der Waals surface area contributed by atoms with E-state index in [1.165, 1.54) is 22.3 Å². The molecule has 128 valence electrons. The lowest BCUT2D eigenvalue weighted by Gasteiger charge is -2.17. The molecule has 3 aromatic carbocycles. The summed E-state index contributed by atoms with van der Waals surface area (Å²) >= 11 is 0. The molecule has 0 radical (unpaired) electrons. The van der Waals surface area contributed by atoms with Crippen molar-refractivity contribution in [2.45, 2.75) is 38.5 Å². The van der Waals surface area contributed by atoms with E-state index in [9.17, 15) is 5.11 Å². The Labute approximate surface area is 151 Å². The molecule has 0 heterocycles. The Balaban J connectivity index is 1.65. The first kappa shape index (κ1) is 17.3. The lowest BCUT2D eigenvalue weighted by molar-refractivity contribution is 0.474. The SMILES string of the molecule is CC(CCC(C)c1cccc(-c2ccccc2)c1)c1ccc(O)cc1. The van der Waals surface area contributed by atoms with Gasteiger partial charge in [0.1, 0.15) is 5.75 Å². The van der Waals surface area contributed by atoms with Crippen molar-refractivity contribution in [1.29, 1.82) is 0 Å². The van der Waals surface area contributed by atoms with Crippen LogP contribution in [0.2, 0.25) is 0 Å². The van der Waals surface area contributed by atoms with Crippen molar-refractivity contribution >= 4 is 0 Å². The molecule has 0 aliphatic carbocycles. The molecule has 0 saturated carbocycles. The molecular weight excluding hydrogens is 304 g/mol. The number of phenols is 1. The van der Waals surface area contributed by atoms with E-state index in [1.54, 1.807) is 12.1 Å². The molecule has 0 saturated heterocycles. The normalized spacial score (nSPS) is 13.4. The molecule has 0 spiro atoms. The van der Waals surface area contributed by atoms with Crippen molar-refractivity contribution in [2.75, 3.05) is 0 Å². The molecule has 2 unspecified atom stereocenters. The highest BCUT2D eigenvalue weighted by molar-refractivity contribution is 5.64. The summed E-state index contributed by atoms with van der Waals surface area (Å²) in [5.74, 6) is 1.37. The van der Waals surface area contributed by atoms with Gasteiger partial charge < -0.3 is 5.11 Å². The van der Waals surface area contributed by atoms with E-state index in [0.717, 1.165) is 12.8 Å². The largest absolute Gasteiger partial charge is 0.508 e. The fourth-order valence-electron chi connectivity index (χ4n) is 3.29. The molecule has 0 amide bonds. The van der Waals surface area contributed by atoms with Gasteiger partial charge in [-0.15, -0.1) is 0 Å². The molecule has 3 aromatic rings. The molecule has 0 fully saturated rings. The van der Waals surface area contributed by atoms with Gasteiger partial charge in [0.25, 0.3) is 0 Å². The minimum absolute atomic E-state index is 0.335. The fourth-order valence-corrected chi connectivity index (χ4v) is 3.29. The lowest BCUT2D eigenvalue weighted by atomic mass is 9.88. The van der Waals surface area contributed by atoms with Crippen LogP contribution in [0.1, 0.15) is 49.7 Å². The highest BCUT2D eigenvalue weighted by Crippen LogP contribution is 2.30. The van der Waals surface area contributed by atoms with E-state index in [1.807, 2.05) is 12.1 Å². The van der Waals surface area contributed by atoms with Gasteiger partial charge in [-0.05, 0) is 59.1 Å². The zero-order valence-corrected chi connectivity index (χ0v) is 15.0. The number of phenolic OH excluding ortho intramolecular Hbond substituents is 1. The topological polar surface area (TPSA) is 20.2 Å². The molecule has 0 bridgehead atoms. The molecule has 2 atom stereocenters. The summed E-state index contributed by atoms with van der Waals surface area (Å²) in [4.78, 5) is 0. The van der Waals surface area contributed by atoms with E-state index < -0.39 is 0 Å².